The summed E-state index contributed by atoms with van der Waals surface area (Å²) < 4.78 is 5.59. The minimum Gasteiger partial charge on any atom is -0.494 e. The number of aliphatic carboxylic acids is 1. The molecule has 1 aromatic carbocycles. The molecule has 1 aromatic rings. The first-order valence-corrected chi connectivity index (χ1v) is 7.82. The van der Waals surface area contributed by atoms with Gasteiger partial charge in [0.1, 0.15) is 11.2 Å². The van der Waals surface area contributed by atoms with Gasteiger partial charge in [-0.05, 0) is 43.4 Å². The summed E-state index contributed by atoms with van der Waals surface area (Å²) in [6.45, 7) is 3.30. The molecule has 5 heteroatoms. The predicted molar refractivity (Wildman–Crippen MR) is 82.9 cm³/mol. The molecule has 1 aliphatic carbocycles. The van der Waals surface area contributed by atoms with E-state index in [1.54, 1.807) is 0 Å². The zero-order chi connectivity index (χ0) is 16.0. The number of carbonyl (C=O) groups excluding carboxylic acids is 1. The van der Waals surface area contributed by atoms with Crippen molar-refractivity contribution in [2.75, 3.05) is 13.2 Å². The molecule has 5 nitrogen and oxygen atoms in total. The summed E-state index contributed by atoms with van der Waals surface area (Å²) in [6.07, 6.45) is 3.71. The number of nitrogens with one attached hydrogen (secondary N) is 1. The maximum atomic E-state index is 11.8. The molecule has 1 fully saturated rings. The Morgan fingerprint density at radius 1 is 1.27 bits per heavy atom. The Kier molecular flexibility index (Phi) is 5.41. The van der Waals surface area contributed by atoms with Crippen LogP contribution >= 0.6 is 0 Å². The van der Waals surface area contributed by atoms with Gasteiger partial charge in [0, 0.05) is 6.54 Å². The Balaban J connectivity index is 1.73. The molecule has 0 atom stereocenters. The van der Waals surface area contributed by atoms with E-state index in [0.29, 0.717) is 25.8 Å². The van der Waals surface area contributed by atoms with E-state index in [-0.39, 0.29) is 5.91 Å². The standard InChI is InChI=1S/C17H23NO4/c1-2-3-12-22-14-6-4-13(5-7-14)8-11-18-15(19)17(9-10-17)16(20)21/h4-7H,2-3,8-12H2,1H3,(H,18,19)(H,20,21). The molecule has 22 heavy (non-hydrogen) atoms. The Bertz CT molecular complexity index is 520. The number of hydrogen-bond donors (Lipinski definition) is 2. The summed E-state index contributed by atoms with van der Waals surface area (Å²) in [7, 11) is 0. The number of amides is 1. The van der Waals surface area contributed by atoms with E-state index in [2.05, 4.69) is 12.2 Å². The third-order valence-corrected chi connectivity index (χ3v) is 3.98. The summed E-state index contributed by atoms with van der Waals surface area (Å²) in [5, 5.41) is 11.8. The molecule has 0 saturated heterocycles. The second-order valence-electron chi connectivity index (χ2n) is 5.74. The normalized spacial score (nSPS) is 15.1. The molecule has 0 spiro atoms. The van der Waals surface area contributed by atoms with Crippen LogP contribution in [0.5, 0.6) is 5.75 Å². The lowest BCUT2D eigenvalue weighted by atomic mass is 10.1. The zero-order valence-corrected chi connectivity index (χ0v) is 12.9. The lowest BCUT2D eigenvalue weighted by molar-refractivity contribution is -0.149. The fourth-order valence-electron chi connectivity index (χ4n) is 2.24. The summed E-state index contributed by atoms with van der Waals surface area (Å²) in [6, 6.07) is 7.79. The second-order valence-corrected chi connectivity index (χ2v) is 5.74. The van der Waals surface area contributed by atoms with Crippen molar-refractivity contribution in [3.8, 4) is 5.75 Å². The summed E-state index contributed by atoms with van der Waals surface area (Å²) in [4.78, 5) is 22.9. The highest BCUT2D eigenvalue weighted by atomic mass is 16.5. The number of hydrogen-bond acceptors (Lipinski definition) is 3. The van der Waals surface area contributed by atoms with E-state index < -0.39 is 11.4 Å². The number of carboxylic acid groups (broad SMARTS) is 1. The number of benzene rings is 1. The summed E-state index contributed by atoms with van der Waals surface area (Å²) in [5.41, 5.74) is -0.0694. The minimum atomic E-state index is -1.16. The van der Waals surface area contributed by atoms with Gasteiger partial charge < -0.3 is 15.2 Å². The van der Waals surface area contributed by atoms with Gasteiger partial charge in [-0.2, -0.15) is 0 Å². The fraction of sp³-hybridized carbons (Fsp3) is 0.529. The van der Waals surface area contributed by atoms with Gasteiger partial charge >= 0.3 is 5.97 Å². The molecule has 0 unspecified atom stereocenters. The molecule has 120 valence electrons. The van der Waals surface area contributed by atoms with Gasteiger partial charge in [-0.25, -0.2) is 0 Å². The molecule has 0 aromatic heterocycles. The van der Waals surface area contributed by atoms with Gasteiger partial charge in [-0.1, -0.05) is 25.5 Å². The molecule has 1 saturated carbocycles. The van der Waals surface area contributed by atoms with Gasteiger partial charge in [0.15, 0.2) is 0 Å². The summed E-state index contributed by atoms with van der Waals surface area (Å²) >= 11 is 0. The molecule has 2 rings (SSSR count). The van der Waals surface area contributed by atoms with Crippen molar-refractivity contribution in [2.24, 2.45) is 5.41 Å². The van der Waals surface area contributed by atoms with Gasteiger partial charge in [0.2, 0.25) is 5.91 Å². The lowest BCUT2D eigenvalue weighted by Crippen LogP contribution is -2.37. The van der Waals surface area contributed by atoms with Crippen molar-refractivity contribution >= 4 is 11.9 Å². The van der Waals surface area contributed by atoms with Gasteiger partial charge in [0.25, 0.3) is 0 Å². The predicted octanol–water partition coefficient (Wildman–Crippen LogP) is 2.39. The van der Waals surface area contributed by atoms with E-state index in [0.717, 1.165) is 30.8 Å². The van der Waals surface area contributed by atoms with Crippen molar-refractivity contribution in [1.29, 1.82) is 0 Å². The van der Waals surface area contributed by atoms with E-state index in [1.165, 1.54) is 0 Å². The van der Waals surface area contributed by atoms with Crippen LogP contribution in [0, 0.1) is 5.41 Å². The van der Waals surface area contributed by atoms with Crippen molar-refractivity contribution in [2.45, 2.75) is 39.0 Å². The summed E-state index contributed by atoms with van der Waals surface area (Å²) in [5.74, 6) is -0.526. The Hall–Kier alpha value is -2.04. The first-order valence-electron chi connectivity index (χ1n) is 7.82. The second kappa shape index (κ2) is 7.29. The van der Waals surface area contributed by atoms with Gasteiger partial charge in [0.05, 0.1) is 6.61 Å². The van der Waals surface area contributed by atoms with E-state index in [4.69, 9.17) is 9.84 Å². The van der Waals surface area contributed by atoms with Gasteiger partial charge in [-0.3, -0.25) is 9.59 Å². The van der Waals surface area contributed by atoms with Crippen LogP contribution in [0.2, 0.25) is 0 Å². The molecule has 2 N–H and O–H groups in total. The van der Waals surface area contributed by atoms with Crippen molar-refractivity contribution < 1.29 is 19.4 Å². The first kappa shape index (κ1) is 16.3. The number of carboxylic acids is 1. The Labute approximate surface area is 130 Å². The van der Waals surface area contributed by atoms with E-state index >= 15 is 0 Å². The number of unbranched alkanes of at least 4 members (excludes halogenated alkanes) is 1. The van der Waals surface area contributed by atoms with Crippen LogP contribution < -0.4 is 10.1 Å². The number of rotatable bonds is 9. The molecule has 0 heterocycles. The fourth-order valence-corrected chi connectivity index (χ4v) is 2.24. The zero-order valence-electron chi connectivity index (χ0n) is 12.9. The lowest BCUT2D eigenvalue weighted by Gasteiger charge is -2.11. The highest BCUT2D eigenvalue weighted by Crippen LogP contribution is 2.46. The quantitative estimate of drug-likeness (QED) is 0.542. The van der Waals surface area contributed by atoms with Crippen LogP contribution in [-0.4, -0.2) is 30.1 Å². The van der Waals surface area contributed by atoms with Crippen LogP contribution in [0.1, 0.15) is 38.2 Å². The van der Waals surface area contributed by atoms with E-state index in [1.807, 2.05) is 24.3 Å². The third-order valence-electron chi connectivity index (χ3n) is 3.98. The smallest absolute Gasteiger partial charge is 0.319 e. The monoisotopic (exact) mass is 305 g/mol. The highest BCUT2D eigenvalue weighted by molar-refractivity contribution is 6.04. The van der Waals surface area contributed by atoms with Crippen molar-refractivity contribution in [3.63, 3.8) is 0 Å². The van der Waals surface area contributed by atoms with Crippen molar-refractivity contribution in [3.05, 3.63) is 29.8 Å². The molecule has 1 amide bonds. The van der Waals surface area contributed by atoms with Gasteiger partial charge in [-0.15, -0.1) is 0 Å². The topological polar surface area (TPSA) is 75.6 Å². The number of carbonyl (C=O) groups is 2. The first-order chi connectivity index (χ1) is 10.6. The molecular weight excluding hydrogens is 282 g/mol. The Morgan fingerprint density at radius 3 is 2.50 bits per heavy atom. The van der Waals surface area contributed by atoms with Crippen molar-refractivity contribution in [1.82, 2.24) is 5.32 Å². The van der Waals surface area contributed by atoms with Crippen LogP contribution in [0.4, 0.5) is 0 Å². The van der Waals surface area contributed by atoms with E-state index in [9.17, 15) is 9.59 Å². The SMILES string of the molecule is CCCCOc1ccc(CCNC(=O)C2(C(=O)O)CC2)cc1. The molecule has 1 aliphatic rings. The largest absolute Gasteiger partial charge is 0.494 e. The number of ether oxygens (including phenoxy) is 1. The molecule has 0 aliphatic heterocycles. The Morgan fingerprint density at radius 2 is 1.95 bits per heavy atom. The highest BCUT2D eigenvalue weighted by Gasteiger charge is 2.56. The average molecular weight is 305 g/mol. The van der Waals surface area contributed by atoms with Crippen LogP contribution in [-0.2, 0) is 16.0 Å². The molecular formula is C17H23NO4. The third kappa shape index (κ3) is 4.00. The average Bonchev–Trinajstić information content (AvgIpc) is 3.31. The maximum absolute atomic E-state index is 11.8. The molecule has 0 radical (unpaired) electrons. The van der Waals surface area contributed by atoms with Crippen LogP contribution in [0.3, 0.4) is 0 Å². The van der Waals surface area contributed by atoms with Crippen LogP contribution in [0.15, 0.2) is 24.3 Å². The minimum absolute atomic E-state index is 0.362. The molecule has 0 bridgehead atoms. The van der Waals surface area contributed by atoms with Crippen LogP contribution in [0.25, 0.3) is 0 Å². The maximum Gasteiger partial charge on any atom is 0.319 e.